The van der Waals surface area contributed by atoms with Gasteiger partial charge in [0.1, 0.15) is 0 Å². The summed E-state index contributed by atoms with van der Waals surface area (Å²) in [6.45, 7) is 8.10. The van der Waals surface area contributed by atoms with Gasteiger partial charge in [0.25, 0.3) is 5.69 Å². The number of nitrogens with one attached hydrogen (secondary N) is 1. The summed E-state index contributed by atoms with van der Waals surface area (Å²) < 4.78 is 0. The zero-order chi connectivity index (χ0) is 18.6. The molecule has 0 unspecified atom stereocenters. The van der Waals surface area contributed by atoms with Crippen molar-refractivity contribution >= 4 is 29.0 Å². The maximum Gasteiger partial charge on any atom is 0.274 e. The average Bonchev–Trinajstić information content (AvgIpc) is 2.54. The minimum Gasteiger partial charge on any atom is -0.325 e. The van der Waals surface area contributed by atoms with Crippen LogP contribution in [0, 0.1) is 17.0 Å². The third-order valence-corrected chi connectivity index (χ3v) is 4.88. The largest absolute Gasteiger partial charge is 0.325 e. The lowest BCUT2D eigenvalue weighted by molar-refractivity contribution is -0.385. The van der Waals surface area contributed by atoms with Crippen LogP contribution in [0.5, 0.6) is 0 Å². The zero-order valence-electron chi connectivity index (χ0n) is 14.8. The van der Waals surface area contributed by atoms with E-state index in [1.807, 2.05) is 12.1 Å². The molecule has 0 aromatic heterocycles. The Morgan fingerprint density at radius 3 is 2.36 bits per heavy atom. The molecule has 0 saturated carbocycles. The van der Waals surface area contributed by atoms with Crippen LogP contribution < -0.4 is 5.32 Å². The molecule has 0 bridgehead atoms. The van der Waals surface area contributed by atoms with E-state index in [2.05, 4.69) is 38.2 Å². The van der Waals surface area contributed by atoms with Gasteiger partial charge in [-0.15, -0.1) is 11.8 Å². The monoisotopic (exact) mass is 358 g/mol. The number of benzene rings is 2. The SMILES string of the molecule is Cc1c(NC(=O)CSc2ccc(C(C)(C)C)cc2)cccc1[N+](=O)[O-]. The molecule has 1 amide bonds. The van der Waals surface area contributed by atoms with Crippen molar-refractivity contribution in [2.45, 2.75) is 38.0 Å². The van der Waals surface area contributed by atoms with Crippen molar-refractivity contribution in [2.24, 2.45) is 0 Å². The highest BCUT2D eigenvalue weighted by molar-refractivity contribution is 8.00. The lowest BCUT2D eigenvalue weighted by Gasteiger charge is -2.19. The number of hydrogen-bond donors (Lipinski definition) is 1. The number of carbonyl (C=O) groups is 1. The van der Waals surface area contributed by atoms with Crippen LogP contribution >= 0.6 is 11.8 Å². The van der Waals surface area contributed by atoms with Crippen LogP contribution in [-0.4, -0.2) is 16.6 Å². The molecule has 0 heterocycles. The maximum atomic E-state index is 12.1. The maximum absolute atomic E-state index is 12.1. The summed E-state index contributed by atoms with van der Waals surface area (Å²) in [4.78, 5) is 23.7. The summed E-state index contributed by atoms with van der Waals surface area (Å²) in [6.07, 6.45) is 0. The fraction of sp³-hybridized carbons (Fsp3) is 0.316. The van der Waals surface area contributed by atoms with Gasteiger partial charge in [0.15, 0.2) is 0 Å². The van der Waals surface area contributed by atoms with Gasteiger partial charge in [0.05, 0.1) is 21.9 Å². The van der Waals surface area contributed by atoms with Crippen LogP contribution in [0.4, 0.5) is 11.4 Å². The van der Waals surface area contributed by atoms with Gasteiger partial charge >= 0.3 is 0 Å². The van der Waals surface area contributed by atoms with Crippen molar-refractivity contribution < 1.29 is 9.72 Å². The van der Waals surface area contributed by atoms with Crippen LogP contribution in [0.25, 0.3) is 0 Å². The van der Waals surface area contributed by atoms with E-state index < -0.39 is 4.92 Å². The van der Waals surface area contributed by atoms with Crippen molar-refractivity contribution in [3.8, 4) is 0 Å². The lowest BCUT2D eigenvalue weighted by atomic mass is 9.87. The summed E-state index contributed by atoms with van der Waals surface area (Å²) in [5.74, 6) is 0.0604. The number of amides is 1. The molecule has 5 nitrogen and oxygen atoms in total. The number of anilines is 1. The van der Waals surface area contributed by atoms with Gasteiger partial charge < -0.3 is 5.32 Å². The van der Waals surface area contributed by atoms with Crippen LogP contribution in [0.1, 0.15) is 31.9 Å². The number of rotatable bonds is 5. The van der Waals surface area contributed by atoms with Crippen LogP contribution in [-0.2, 0) is 10.2 Å². The molecule has 2 aromatic rings. The summed E-state index contributed by atoms with van der Waals surface area (Å²) >= 11 is 1.44. The van der Waals surface area contributed by atoms with Gasteiger partial charge in [-0.1, -0.05) is 39.0 Å². The number of nitro benzene ring substituents is 1. The quantitative estimate of drug-likeness (QED) is 0.467. The van der Waals surface area contributed by atoms with Gasteiger partial charge in [0.2, 0.25) is 5.91 Å². The van der Waals surface area contributed by atoms with Gasteiger partial charge in [0, 0.05) is 11.0 Å². The molecule has 0 aliphatic heterocycles. The van der Waals surface area contributed by atoms with Gasteiger partial charge in [-0.3, -0.25) is 14.9 Å². The van der Waals surface area contributed by atoms with E-state index in [4.69, 9.17) is 0 Å². The van der Waals surface area contributed by atoms with E-state index in [9.17, 15) is 14.9 Å². The Hall–Kier alpha value is -2.34. The van der Waals surface area contributed by atoms with Crippen LogP contribution in [0.2, 0.25) is 0 Å². The molecule has 0 atom stereocenters. The Kier molecular flexibility index (Phi) is 5.85. The molecule has 0 aliphatic rings. The smallest absolute Gasteiger partial charge is 0.274 e. The summed E-state index contributed by atoms with van der Waals surface area (Å²) in [7, 11) is 0. The molecule has 2 aromatic carbocycles. The lowest BCUT2D eigenvalue weighted by Crippen LogP contribution is -2.15. The van der Waals surface area contributed by atoms with Crippen molar-refractivity contribution in [1.29, 1.82) is 0 Å². The Labute approximate surface area is 152 Å². The van der Waals surface area contributed by atoms with E-state index in [0.717, 1.165) is 4.90 Å². The van der Waals surface area contributed by atoms with E-state index >= 15 is 0 Å². The third kappa shape index (κ3) is 5.06. The van der Waals surface area contributed by atoms with Gasteiger partial charge in [-0.05, 0) is 36.1 Å². The molecule has 0 fully saturated rings. The number of nitro groups is 1. The first kappa shape index (κ1) is 19.0. The third-order valence-electron chi connectivity index (χ3n) is 3.87. The second-order valence-corrected chi connectivity index (χ2v) is 7.87. The van der Waals surface area contributed by atoms with Crippen molar-refractivity contribution in [3.05, 3.63) is 63.7 Å². The summed E-state index contributed by atoms with van der Waals surface area (Å²) in [6, 6.07) is 12.8. The van der Waals surface area contributed by atoms with Gasteiger partial charge in [-0.2, -0.15) is 0 Å². The van der Waals surface area contributed by atoms with E-state index in [-0.39, 0.29) is 22.8 Å². The second kappa shape index (κ2) is 7.70. The van der Waals surface area contributed by atoms with Crippen molar-refractivity contribution in [3.63, 3.8) is 0 Å². The number of carbonyl (C=O) groups excluding carboxylic acids is 1. The number of thioether (sulfide) groups is 1. The van der Waals surface area contributed by atoms with Crippen molar-refractivity contribution in [2.75, 3.05) is 11.1 Å². The first-order valence-corrected chi connectivity index (χ1v) is 8.94. The number of nitrogens with zero attached hydrogens (tertiary/aromatic N) is 1. The molecule has 0 radical (unpaired) electrons. The topological polar surface area (TPSA) is 72.2 Å². The molecule has 6 heteroatoms. The highest BCUT2D eigenvalue weighted by Crippen LogP contribution is 2.27. The Morgan fingerprint density at radius 1 is 1.16 bits per heavy atom. The molecule has 132 valence electrons. The van der Waals surface area contributed by atoms with Gasteiger partial charge in [-0.25, -0.2) is 0 Å². The number of hydrogen-bond acceptors (Lipinski definition) is 4. The fourth-order valence-corrected chi connectivity index (χ4v) is 3.04. The van der Waals surface area contributed by atoms with Crippen LogP contribution in [0.15, 0.2) is 47.4 Å². The minimum absolute atomic E-state index is 0.00298. The zero-order valence-corrected chi connectivity index (χ0v) is 15.6. The first-order chi connectivity index (χ1) is 11.7. The highest BCUT2D eigenvalue weighted by Gasteiger charge is 2.15. The molecule has 0 saturated heterocycles. The summed E-state index contributed by atoms with van der Waals surface area (Å²) in [5.41, 5.74) is 2.28. The Morgan fingerprint density at radius 2 is 1.80 bits per heavy atom. The Bertz CT molecular complexity index is 780. The second-order valence-electron chi connectivity index (χ2n) is 6.82. The molecular formula is C19H22N2O3S. The molecule has 0 spiro atoms. The van der Waals surface area contributed by atoms with E-state index in [0.29, 0.717) is 11.3 Å². The average molecular weight is 358 g/mol. The molecule has 0 aliphatic carbocycles. The predicted octanol–water partition coefficient (Wildman–Crippen LogP) is 4.93. The first-order valence-electron chi connectivity index (χ1n) is 7.95. The Balaban J connectivity index is 1.97. The van der Waals surface area contributed by atoms with E-state index in [1.54, 1.807) is 19.1 Å². The molecule has 25 heavy (non-hydrogen) atoms. The predicted molar refractivity (Wildman–Crippen MR) is 102 cm³/mol. The minimum atomic E-state index is -0.448. The van der Waals surface area contributed by atoms with Crippen LogP contribution in [0.3, 0.4) is 0 Å². The standard InChI is InChI=1S/C19H22N2O3S/c1-13-16(6-5-7-17(13)21(23)24)20-18(22)12-25-15-10-8-14(9-11-15)19(2,3)4/h5-11H,12H2,1-4H3,(H,20,22). The normalized spacial score (nSPS) is 11.2. The molecular weight excluding hydrogens is 336 g/mol. The van der Waals surface area contributed by atoms with Crippen molar-refractivity contribution in [1.82, 2.24) is 0 Å². The molecule has 2 rings (SSSR count). The van der Waals surface area contributed by atoms with E-state index in [1.165, 1.54) is 23.4 Å². The summed E-state index contributed by atoms with van der Waals surface area (Å²) in [5, 5.41) is 13.7. The highest BCUT2D eigenvalue weighted by atomic mass is 32.2. The molecule has 1 N–H and O–H groups in total. The fourth-order valence-electron chi connectivity index (χ4n) is 2.34.